The lowest BCUT2D eigenvalue weighted by Crippen LogP contribution is -2.27. The van der Waals surface area contributed by atoms with Crippen LogP contribution < -0.4 is 0 Å². The molecule has 28 heavy (non-hydrogen) atoms. The highest BCUT2D eigenvalue weighted by Crippen LogP contribution is 2.37. The van der Waals surface area contributed by atoms with Crippen molar-refractivity contribution in [3.8, 4) is 0 Å². The number of aryl methyl sites for hydroxylation is 2. The smallest absolute Gasteiger partial charge is 0.206 e. The lowest BCUT2D eigenvalue weighted by atomic mass is 10.2. The number of sulfonamides is 2. The minimum absolute atomic E-state index is 0.187. The largest absolute Gasteiger partial charge is 0.253 e. The Kier molecular flexibility index (Phi) is 8.00. The summed E-state index contributed by atoms with van der Waals surface area (Å²) < 4.78 is 54.0. The summed E-state index contributed by atoms with van der Waals surface area (Å²) in [5.41, 5.74) is 1.68. The molecular weight excluding hydrogens is 436 g/mol. The number of benzene rings is 2. The fourth-order valence-electron chi connectivity index (χ4n) is 2.39. The van der Waals surface area contributed by atoms with E-state index in [-0.39, 0.29) is 22.9 Å². The normalized spacial score (nSPS) is 12.6. The van der Waals surface area contributed by atoms with Gasteiger partial charge in [0.2, 0.25) is 0 Å². The highest BCUT2D eigenvalue weighted by Gasteiger charge is 2.29. The van der Waals surface area contributed by atoms with Crippen molar-refractivity contribution in [3.63, 3.8) is 0 Å². The maximum atomic E-state index is 12.9. The first-order chi connectivity index (χ1) is 13.1. The maximum Gasteiger partial charge on any atom is 0.253 e. The molecule has 0 bridgehead atoms. The lowest BCUT2D eigenvalue weighted by molar-refractivity contribution is 0.546. The van der Waals surface area contributed by atoms with Gasteiger partial charge in [0.15, 0.2) is 0 Å². The number of hydrogen-bond donors (Lipinski definition) is 0. The molecule has 0 N–H and O–H groups in total. The zero-order valence-electron chi connectivity index (χ0n) is 16.2. The van der Waals surface area contributed by atoms with Gasteiger partial charge in [-0.25, -0.2) is 16.8 Å². The molecule has 10 heteroatoms. The first kappa shape index (κ1) is 23.2. The Hall–Kier alpha value is -1.04. The van der Waals surface area contributed by atoms with E-state index in [4.69, 9.17) is 0 Å². The van der Waals surface area contributed by atoms with Crippen LogP contribution in [0.25, 0.3) is 0 Å². The summed E-state index contributed by atoms with van der Waals surface area (Å²) in [5.74, 6) is 0. The van der Waals surface area contributed by atoms with Crippen LogP contribution in [0.4, 0.5) is 0 Å². The van der Waals surface area contributed by atoms with E-state index in [1.165, 1.54) is 19.6 Å². The van der Waals surface area contributed by atoms with E-state index in [0.717, 1.165) is 33.1 Å². The molecule has 2 aromatic rings. The van der Waals surface area contributed by atoms with Crippen molar-refractivity contribution in [3.05, 3.63) is 59.7 Å². The summed E-state index contributed by atoms with van der Waals surface area (Å²) in [6.07, 6.45) is 0. The molecule has 0 heterocycles. The lowest BCUT2D eigenvalue weighted by Gasteiger charge is -2.23. The van der Waals surface area contributed by atoms with E-state index in [9.17, 15) is 16.8 Å². The van der Waals surface area contributed by atoms with Crippen LogP contribution in [-0.4, -0.2) is 37.3 Å². The van der Waals surface area contributed by atoms with Crippen molar-refractivity contribution >= 4 is 42.0 Å². The topological polar surface area (TPSA) is 74.8 Å². The van der Waals surface area contributed by atoms with Crippen LogP contribution in [0.2, 0.25) is 0 Å². The van der Waals surface area contributed by atoms with Gasteiger partial charge in [-0.3, -0.25) is 0 Å². The Morgan fingerprint density at radius 3 is 1.36 bits per heavy atom. The van der Waals surface area contributed by atoms with E-state index < -0.39 is 20.0 Å². The van der Waals surface area contributed by atoms with Gasteiger partial charge in [0.05, 0.1) is 9.79 Å². The maximum absolute atomic E-state index is 12.9. The van der Waals surface area contributed by atoms with Crippen LogP contribution in [-0.2, 0) is 20.0 Å². The SMILES string of the molecule is CCN(SSN(CC)S(=O)(=O)c1cccc(C)c1)S(=O)(=O)c1cccc(C)c1. The summed E-state index contributed by atoms with van der Waals surface area (Å²) >= 11 is 0. The molecule has 0 aromatic heterocycles. The molecule has 2 aromatic carbocycles. The quantitative estimate of drug-likeness (QED) is 0.412. The van der Waals surface area contributed by atoms with E-state index in [1.807, 2.05) is 26.0 Å². The van der Waals surface area contributed by atoms with Gasteiger partial charge in [0, 0.05) is 35.0 Å². The summed E-state index contributed by atoms with van der Waals surface area (Å²) in [5, 5.41) is 0. The highest BCUT2D eigenvalue weighted by molar-refractivity contribution is 8.76. The fraction of sp³-hybridized carbons (Fsp3) is 0.333. The molecule has 2 rings (SSSR count). The Bertz CT molecular complexity index is 940. The fourth-order valence-corrected chi connectivity index (χ4v) is 9.23. The second-order valence-electron chi connectivity index (χ2n) is 6.03. The van der Waals surface area contributed by atoms with Gasteiger partial charge < -0.3 is 0 Å². The molecule has 0 aliphatic heterocycles. The molecule has 0 fully saturated rings. The minimum Gasteiger partial charge on any atom is -0.206 e. The van der Waals surface area contributed by atoms with Crippen molar-refractivity contribution in [2.24, 2.45) is 0 Å². The van der Waals surface area contributed by atoms with Gasteiger partial charge in [0.25, 0.3) is 20.0 Å². The van der Waals surface area contributed by atoms with Gasteiger partial charge in [-0.2, -0.15) is 0 Å². The summed E-state index contributed by atoms with van der Waals surface area (Å²) in [6.45, 7) is 7.49. The van der Waals surface area contributed by atoms with Gasteiger partial charge in [-0.1, -0.05) is 38.1 Å². The van der Waals surface area contributed by atoms with Crippen LogP contribution in [0.1, 0.15) is 25.0 Å². The van der Waals surface area contributed by atoms with Crippen molar-refractivity contribution in [2.45, 2.75) is 37.5 Å². The van der Waals surface area contributed by atoms with E-state index >= 15 is 0 Å². The molecule has 154 valence electrons. The molecule has 6 nitrogen and oxygen atoms in total. The van der Waals surface area contributed by atoms with Crippen molar-refractivity contribution in [1.29, 1.82) is 0 Å². The molecule has 0 unspecified atom stereocenters. The third-order valence-electron chi connectivity index (χ3n) is 3.83. The van der Waals surface area contributed by atoms with Crippen molar-refractivity contribution < 1.29 is 16.8 Å². The van der Waals surface area contributed by atoms with E-state index in [2.05, 4.69) is 0 Å². The Balaban J connectivity index is 2.23. The van der Waals surface area contributed by atoms with Crippen LogP contribution in [0.5, 0.6) is 0 Å². The second kappa shape index (κ2) is 9.64. The predicted octanol–water partition coefficient (Wildman–Crippen LogP) is 4.24. The summed E-state index contributed by atoms with van der Waals surface area (Å²) in [4.78, 5) is 0.374. The predicted molar refractivity (Wildman–Crippen MR) is 117 cm³/mol. The second-order valence-corrected chi connectivity index (χ2v) is 12.3. The molecule has 0 spiro atoms. The van der Waals surface area contributed by atoms with Crippen LogP contribution >= 0.6 is 22.0 Å². The molecule has 0 aliphatic rings. The third-order valence-corrected chi connectivity index (χ3v) is 11.5. The Morgan fingerprint density at radius 1 is 0.714 bits per heavy atom. The first-order valence-corrected chi connectivity index (χ1v) is 13.6. The van der Waals surface area contributed by atoms with E-state index in [0.29, 0.717) is 0 Å². The number of hydrogen-bond acceptors (Lipinski definition) is 6. The first-order valence-electron chi connectivity index (χ1n) is 8.66. The molecule has 0 radical (unpaired) electrons. The van der Waals surface area contributed by atoms with Crippen LogP contribution in [0.3, 0.4) is 0 Å². The van der Waals surface area contributed by atoms with Crippen molar-refractivity contribution in [2.75, 3.05) is 13.1 Å². The van der Waals surface area contributed by atoms with Crippen LogP contribution in [0.15, 0.2) is 58.3 Å². The van der Waals surface area contributed by atoms with Gasteiger partial charge >= 0.3 is 0 Å². The van der Waals surface area contributed by atoms with Gasteiger partial charge in [-0.15, -0.1) is 7.42 Å². The summed E-state index contributed by atoms with van der Waals surface area (Å²) in [7, 11) is -5.69. The molecular formula is C18H24N2O4S4. The van der Waals surface area contributed by atoms with Crippen LogP contribution in [0, 0.1) is 13.8 Å². The molecule has 0 amide bonds. The Labute approximate surface area is 176 Å². The van der Waals surface area contributed by atoms with Gasteiger partial charge in [0.1, 0.15) is 0 Å². The molecule has 0 atom stereocenters. The zero-order valence-corrected chi connectivity index (χ0v) is 19.5. The number of nitrogens with zero attached hydrogens (tertiary/aromatic N) is 2. The van der Waals surface area contributed by atoms with E-state index in [1.54, 1.807) is 38.1 Å². The van der Waals surface area contributed by atoms with Crippen molar-refractivity contribution in [1.82, 2.24) is 7.42 Å². The monoisotopic (exact) mass is 460 g/mol. The highest BCUT2D eigenvalue weighted by atomic mass is 33.1. The molecule has 0 saturated carbocycles. The molecule has 0 saturated heterocycles. The Morgan fingerprint density at radius 2 is 1.07 bits per heavy atom. The molecule has 0 aliphatic carbocycles. The average Bonchev–Trinajstić information content (AvgIpc) is 2.65. The minimum atomic E-state index is -3.74. The zero-order chi connectivity index (χ0) is 20.9. The average molecular weight is 461 g/mol. The summed E-state index contributed by atoms with van der Waals surface area (Å²) in [6, 6.07) is 13.3. The third kappa shape index (κ3) is 5.31. The van der Waals surface area contributed by atoms with Gasteiger partial charge in [-0.05, 0) is 49.2 Å². The standard InChI is InChI=1S/C18H24N2O4S4/c1-5-19(27(21,22)17-11-7-9-15(3)13-17)25-26-20(6-2)28(23,24)18-12-8-10-16(4)14-18/h7-14H,5-6H2,1-4H3. The number of rotatable bonds is 9.